The van der Waals surface area contributed by atoms with Crippen molar-refractivity contribution in [3.8, 4) is 0 Å². The van der Waals surface area contributed by atoms with Gasteiger partial charge in [0.2, 0.25) is 5.09 Å². The molecule has 0 aliphatic carbocycles. The van der Waals surface area contributed by atoms with Crippen molar-refractivity contribution in [2.75, 3.05) is 39.8 Å². The third-order valence-corrected chi connectivity index (χ3v) is 4.72. The zero-order valence-corrected chi connectivity index (χ0v) is 13.3. The van der Waals surface area contributed by atoms with E-state index in [4.69, 9.17) is 9.15 Å². The van der Waals surface area contributed by atoms with Crippen LogP contribution in [0.1, 0.15) is 12.7 Å². The number of nitrogens with one attached hydrogen (secondary N) is 2. The van der Waals surface area contributed by atoms with Crippen molar-refractivity contribution in [3.63, 3.8) is 0 Å². The molecule has 1 aromatic heterocycles. The Bertz CT molecular complexity index is 543. The summed E-state index contributed by atoms with van der Waals surface area (Å²) in [6, 6.07) is 3.12. The minimum atomic E-state index is -3.62. The fourth-order valence-electron chi connectivity index (χ4n) is 2.24. The molecule has 0 spiro atoms. The van der Waals surface area contributed by atoms with Gasteiger partial charge in [-0.15, -0.1) is 0 Å². The average Bonchev–Trinajstić information content (AvgIpc) is 2.95. The standard InChI is InChI=1S/C13H23N3O4S/c1-3-16-6-7-19-12(10-16)9-15-21(17,18)13-5-4-11(20-13)8-14-2/h4-5,12,14-15H,3,6-10H2,1-2H3. The Hall–Kier alpha value is -0.930. The highest BCUT2D eigenvalue weighted by molar-refractivity contribution is 7.89. The van der Waals surface area contributed by atoms with Crippen LogP contribution in [-0.4, -0.2) is 59.3 Å². The van der Waals surface area contributed by atoms with Crippen LogP contribution < -0.4 is 10.0 Å². The lowest BCUT2D eigenvalue weighted by Gasteiger charge is -2.31. The van der Waals surface area contributed by atoms with Crippen LogP contribution >= 0.6 is 0 Å². The summed E-state index contributed by atoms with van der Waals surface area (Å²) in [6.45, 7) is 6.03. The lowest BCUT2D eigenvalue weighted by Crippen LogP contribution is -2.47. The molecule has 7 nitrogen and oxygen atoms in total. The summed E-state index contributed by atoms with van der Waals surface area (Å²) in [5, 5.41) is 2.85. The predicted octanol–water partition coefficient (Wildman–Crippen LogP) is -0.00200. The Morgan fingerprint density at radius 2 is 2.24 bits per heavy atom. The monoisotopic (exact) mass is 317 g/mol. The van der Waals surface area contributed by atoms with Crippen LogP contribution in [0.4, 0.5) is 0 Å². The molecule has 1 aromatic rings. The normalized spacial score (nSPS) is 20.8. The summed E-state index contributed by atoms with van der Waals surface area (Å²) < 4.78 is 37.7. The lowest BCUT2D eigenvalue weighted by molar-refractivity contribution is -0.0229. The van der Waals surface area contributed by atoms with E-state index in [-0.39, 0.29) is 17.7 Å². The van der Waals surface area contributed by atoms with Crippen LogP contribution in [0.5, 0.6) is 0 Å². The Labute approximate surface area is 125 Å². The van der Waals surface area contributed by atoms with E-state index in [1.54, 1.807) is 13.1 Å². The maximum absolute atomic E-state index is 12.1. The highest BCUT2D eigenvalue weighted by Crippen LogP contribution is 2.14. The number of sulfonamides is 1. The molecule has 1 aliphatic heterocycles. The summed E-state index contributed by atoms with van der Waals surface area (Å²) in [7, 11) is -1.85. The van der Waals surface area contributed by atoms with E-state index in [1.807, 2.05) is 0 Å². The molecule has 0 saturated carbocycles. The molecule has 8 heteroatoms. The molecule has 120 valence electrons. The van der Waals surface area contributed by atoms with Crippen molar-refractivity contribution in [1.82, 2.24) is 14.9 Å². The first-order valence-corrected chi connectivity index (χ1v) is 8.60. The van der Waals surface area contributed by atoms with Crippen LogP contribution in [-0.2, 0) is 21.3 Å². The number of rotatable bonds is 7. The Kier molecular flexibility index (Phi) is 5.77. The van der Waals surface area contributed by atoms with Crippen molar-refractivity contribution in [3.05, 3.63) is 17.9 Å². The molecule has 1 saturated heterocycles. The maximum Gasteiger partial charge on any atom is 0.274 e. The molecule has 2 heterocycles. The zero-order chi connectivity index (χ0) is 15.3. The van der Waals surface area contributed by atoms with E-state index in [1.165, 1.54) is 6.07 Å². The van der Waals surface area contributed by atoms with Gasteiger partial charge in [-0.1, -0.05) is 6.92 Å². The topological polar surface area (TPSA) is 83.8 Å². The van der Waals surface area contributed by atoms with E-state index in [0.717, 1.165) is 19.6 Å². The molecule has 0 amide bonds. The molecule has 1 aliphatic rings. The van der Waals surface area contributed by atoms with E-state index in [0.29, 0.717) is 18.9 Å². The first kappa shape index (κ1) is 16.4. The molecule has 0 radical (unpaired) electrons. The van der Waals surface area contributed by atoms with Gasteiger partial charge in [-0.05, 0) is 25.7 Å². The number of nitrogens with zero attached hydrogens (tertiary/aromatic N) is 1. The number of ether oxygens (including phenoxy) is 1. The van der Waals surface area contributed by atoms with Crippen LogP contribution in [0.3, 0.4) is 0 Å². The first-order valence-electron chi connectivity index (χ1n) is 7.12. The van der Waals surface area contributed by atoms with Crippen LogP contribution in [0, 0.1) is 0 Å². The van der Waals surface area contributed by atoms with Crippen molar-refractivity contribution >= 4 is 10.0 Å². The minimum Gasteiger partial charge on any atom is -0.447 e. The molecular weight excluding hydrogens is 294 g/mol. The van der Waals surface area contributed by atoms with E-state index in [2.05, 4.69) is 21.9 Å². The van der Waals surface area contributed by atoms with Crippen LogP contribution in [0.2, 0.25) is 0 Å². The van der Waals surface area contributed by atoms with Gasteiger partial charge in [0.05, 0.1) is 19.3 Å². The maximum atomic E-state index is 12.1. The second-order valence-corrected chi connectivity index (χ2v) is 6.69. The SMILES string of the molecule is CCN1CCOC(CNS(=O)(=O)c2ccc(CNC)o2)C1. The summed E-state index contributed by atoms with van der Waals surface area (Å²) in [6.07, 6.45) is -0.125. The van der Waals surface area contributed by atoms with Crippen LogP contribution in [0.15, 0.2) is 21.6 Å². The molecule has 1 unspecified atom stereocenters. The molecule has 21 heavy (non-hydrogen) atoms. The molecular formula is C13H23N3O4S. The van der Waals surface area contributed by atoms with Crippen molar-refractivity contribution in [2.45, 2.75) is 24.7 Å². The number of hydrogen-bond donors (Lipinski definition) is 2. The third kappa shape index (κ3) is 4.52. The van der Waals surface area contributed by atoms with Crippen LogP contribution in [0.25, 0.3) is 0 Å². The Morgan fingerprint density at radius 1 is 1.43 bits per heavy atom. The van der Waals surface area contributed by atoms with Crippen molar-refractivity contribution in [2.24, 2.45) is 0 Å². The summed E-state index contributed by atoms with van der Waals surface area (Å²) in [5.41, 5.74) is 0. The van der Waals surface area contributed by atoms with Gasteiger partial charge in [-0.2, -0.15) is 0 Å². The third-order valence-electron chi connectivity index (χ3n) is 3.42. The highest BCUT2D eigenvalue weighted by Gasteiger charge is 2.24. The van der Waals surface area contributed by atoms with Crippen molar-refractivity contribution < 1.29 is 17.6 Å². The van der Waals surface area contributed by atoms with Gasteiger partial charge < -0.3 is 14.5 Å². The lowest BCUT2D eigenvalue weighted by atomic mass is 10.3. The van der Waals surface area contributed by atoms with Gasteiger partial charge >= 0.3 is 0 Å². The number of morpholine rings is 1. The quantitative estimate of drug-likeness (QED) is 0.736. The zero-order valence-electron chi connectivity index (χ0n) is 12.5. The minimum absolute atomic E-state index is 0.0593. The second kappa shape index (κ2) is 7.37. The summed E-state index contributed by atoms with van der Waals surface area (Å²) in [5.74, 6) is 0.587. The first-order chi connectivity index (χ1) is 10.0. The van der Waals surface area contributed by atoms with E-state index < -0.39 is 10.0 Å². The van der Waals surface area contributed by atoms with Gasteiger partial charge in [0.15, 0.2) is 0 Å². The van der Waals surface area contributed by atoms with Gasteiger partial charge in [-0.25, -0.2) is 13.1 Å². The van der Waals surface area contributed by atoms with Gasteiger partial charge in [0, 0.05) is 19.6 Å². The Morgan fingerprint density at radius 3 is 2.95 bits per heavy atom. The average molecular weight is 317 g/mol. The smallest absolute Gasteiger partial charge is 0.274 e. The van der Waals surface area contributed by atoms with Gasteiger partial charge in [-0.3, -0.25) is 4.90 Å². The highest BCUT2D eigenvalue weighted by atomic mass is 32.2. The van der Waals surface area contributed by atoms with Gasteiger partial charge in [0.25, 0.3) is 10.0 Å². The molecule has 2 N–H and O–H groups in total. The predicted molar refractivity (Wildman–Crippen MR) is 78.5 cm³/mol. The molecule has 0 aromatic carbocycles. The summed E-state index contributed by atoms with van der Waals surface area (Å²) >= 11 is 0. The molecule has 0 bridgehead atoms. The van der Waals surface area contributed by atoms with E-state index in [9.17, 15) is 8.42 Å². The fraction of sp³-hybridized carbons (Fsp3) is 0.692. The van der Waals surface area contributed by atoms with Crippen molar-refractivity contribution in [1.29, 1.82) is 0 Å². The summed E-state index contributed by atoms with van der Waals surface area (Å²) in [4.78, 5) is 2.24. The number of likely N-dealkylation sites (N-methyl/N-ethyl adjacent to an activating group) is 1. The number of furan rings is 1. The fourth-order valence-corrected chi connectivity index (χ4v) is 3.25. The number of hydrogen-bond acceptors (Lipinski definition) is 6. The molecule has 2 rings (SSSR count). The molecule has 1 atom stereocenters. The van der Waals surface area contributed by atoms with Gasteiger partial charge in [0.1, 0.15) is 5.76 Å². The second-order valence-electron chi connectivity index (χ2n) is 4.99. The van der Waals surface area contributed by atoms with E-state index >= 15 is 0 Å². The Balaban J connectivity index is 1.91. The largest absolute Gasteiger partial charge is 0.447 e. The molecule has 1 fully saturated rings.